The second-order valence-corrected chi connectivity index (χ2v) is 7.93. The van der Waals surface area contributed by atoms with Crippen LogP contribution in [0.5, 0.6) is 5.75 Å². The van der Waals surface area contributed by atoms with E-state index >= 15 is 0 Å². The van der Waals surface area contributed by atoms with Crippen molar-refractivity contribution in [2.45, 2.75) is 57.8 Å². The Morgan fingerprint density at radius 3 is 1.94 bits per heavy atom. The maximum atomic E-state index is 12.6. The quantitative estimate of drug-likeness (QED) is 0.200. The van der Waals surface area contributed by atoms with Crippen LogP contribution in [0.1, 0.15) is 32.8 Å². The third kappa shape index (κ3) is 9.15. The zero-order valence-electron chi connectivity index (χ0n) is 18.6. The van der Waals surface area contributed by atoms with Crippen LogP contribution in [0.15, 0.2) is 24.3 Å². The van der Waals surface area contributed by atoms with E-state index in [2.05, 4.69) is 16.0 Å². The zero-order valence-corrected chi connectivity index (χ0v) is 18.6. The molecule has 0 bridgehead atoms. The summed E-state index contributed by atoms with van der Waals surface area (Å²) in [5, 5.41) is 34.6. The number of aromatic hydroxyl groups is 1. The van der Waals surface area contributed by atoms with Gasteiger partial charge in [-0.25, -0.2) is 4.79 Å². The van der Waals surface area contributed by atoms with Gasteiger partial charge in [0.15, 0.2) is 0 Å². The highest BCUT2D eigenvalue weighted by Gasteiger charge is 2.30. The summed E-state index contributed by atoms with van der Waals surface area (Å²) in [7, 11) is 0. The number of benzene rings is 1. The Morgan fingerprint density at radius 1 is 0.879 bits per heavy atom. The van der Waals surface area contributed by atoms with Crippen LogP contribution in [-0.2, 0) is 30.4 Å². The summed E-state index contributed by atoms with van der Waals surface area (Å²) in [5.41, 5.74) is 6.08. The highest BCUT2D eigenvalue weighted by molar-refractivity contribution is 5.94. The first-order valence-corrected chi connectivity index (χ1v) is 10.2. The van der Waals surface area contributed by atoms with Gasteiger partial charge in [0, 0.05) is 6.42 Å². The smallest absolute Gasteiger partial charge is 0.326 e. The van der Waals surface area contributed by atoms with E-state index in [1.165, 1.54) is 31.2 Å². The zero-order chi connectivity index (χ0) is 25.3. The lowest BCUT2D eigenvalue weighted by Crippen LogP contribution is -2.58. The van der Waals surface area contributed by atoms with Gasteiger partial charge >= 0.3 is 11.9 Å². The molecule has 0 aliphatic heterocycles. The minimum absolute atomic E-state index is 0.0155. The van der Waals surface area contributed by atoms with Crippen molar-refractivity contribution in [3.05, 3.63) is 29.8 Å². The molecule has 0 heterocycles. The predicted octanol–water partition coefficient (Wildman–Crippen LogP) is -1.05. The van der Waals surface area contributed by atoms with Crippen LogP contribution in [0.4, 0.5) is 0 Å². The van der Waals surface area contributed by atoms with Crippen molar-refractivity contribution in [3.8, 4) is 5.75 Å². The second-order valence-electron chi connectivity index (χ2n) is 7.93. The number of carboxylic acid groups (broad SMARTS) is 2. The molecule has 12 heteroatoms. The van der Waals surface area contributed by atoms with Gasteiger partial charge in [0.05, 0.1) is 12.5 Å². The van der Waals surface area contributed by atoms with Gasteiger partial charge in [-0.2, -0.15) is 0 Å². The van der Waals surface area contributed by atoms with Crippen molar-refractivity contribution in [2.75, 3.05) is 0 Å². The lowest BCUT2D eigenvalue weighted by Gasteiger charge is -2.25. The minimum Gasteiger partial charge on any atom is -0.508 e. The van der Waals surface area contributed by atoms with Crippen molar-refractivity contribution in [3.63, 3.8) is 0 Å². The first-order chi connectivity index (χ1) is 15.3. The summed E-state index contributed by atoms with van der Waals surface area (Å²) >= 11 is 0. The molecule has 3 amide bonds. The number of hydrogen-bond donors (Lipinski definition) is 7. The number of phenolic OH excluding ortho intramolecular Hbond substituents is 1. The fourth-order valence-corrected chi connectivity index (χ4v) is 2.81. The maximum absolute atomic E-state index is 12.6. The topological polar surface area (TPSA) is 208 Å². The van der Waals surface area contributed by atoms with Crippen molar-refractivity contribution in [1.82, 2.24) is 16.0 Å². The number of aliphatic carboxylic acids is 2. The normalized spacial score (nSPS) is 14.5. The van der Waals surface area contributed by atoms with Crippen LogP contribution in [0, 0.1) is 5.92 Å². The summed E-state index contributed by atoms with van der Waals surface area (Å²) in [5.74, 6) is -5.25. The molecule has 0 fully saturated rings. The Hall–Kier alpha value is -3.67. The number of rotatable bonds is 12. The minimum atomic E-state index is -1.35. The molecule has 4 unspecified atom stereocenters. The molecule has 12 nitrogen and oxygen atoms in total. The fourth-order valence-electron chi connectivity index (χ4n) is 2.81. The SMILES string of the molecule is CC(NC(=O)C(NC(=O)C(N)CC(=O)O)C(C)C)C(=O)NC(Cc1ccc(O)cc1)C(=O)O. The molecule has 1 aromatic rings. The molecule has 33 heavy (non-hydrogen) atoms. The van der Waals surface area contributed by atoms with Crippen molar-refractivity contribution in [1.29, 1.82) is 0 Å². The summed E-state index contributed by atoms with van der Waals surface area (Å²) in [6.45, 7) is 4.62. The first-order valence-electron chi connectivity index (χ1n) is 10.2. The first kappa shape index (κ1) is 27.4. The average molecular weight is 466 g/mol. The van der Waals surface area contributed by atoms with Crippen molar-refractivity contribution >= 4 is 29.7 Å². The van der Waals surface area contributed by atoms with Crippen LogP contribution in [-0.4, -0.2) is 69.1 Å². The summed E-state index contributed by atoms with van der Waals surface area (Å²) in [4.78, 5) is 59.5. The van der Waals surface area contributed by atoms with Gasteiger partial charge in [-0.1, -0.05) is 26.0 Å². The third-order valence-corrected chi connectivity index (χ3v) is 4.72. The Kier molecular flexibility index (Phi) is 10.3. The summed E-state index contributed by atoms with van der Waals surface area (Å²) < 4.78 is 0. The molecular weight excluding hydrogens is 436 g/mol. The number of nitrogens with two attached hydrogens (primary N) is 1. The van der Waals surface area contributed by atoms with Gasteiger partial charge in [-0.05, 0) is 30.5 Å². The number of carbonyl (C=O) groups is 5. The highest BCUT2D eigenvalue weighted by atomic mass is 16.4. The third-order valence-electron chi connectivity index (χ3n) is 4.72. The van der Waals surface area contributed by atoms with E-state index in [1.807, 2.05) is 0 Å². The molecule has 0 aliphatic carbocycles. The molecule has 0 aromatic heterocycles. The molecule has 1 aromatic carbocycles. The molecule has 0 aliphatic rings. The number of carboxylic acids is 2. The van der Waals surface area contributed by atoms with Gasteiger partial charge in [0.1, 0.15) is 23.9 Å². The van der Waals surface area contributed by atoms with Gasteiger partial charge in [-0.3, -0.25) is 19.2 Å². The summed E-state index contributed by atoms with van der Waals surface area (Å²) in [6, 6.07) is 0.958. The molecular formula is C21H30N4O8. The number of nitrogens with one attached hydrogen (secondary N) is 3. The van der Waals surface area contributed by atoms with E-state index in [4.69, 9.17) is 10.8 Å². The largest absolute Gasteiger partial charge is 0.508 e. The van der Waals surface area contributed by atoms with E-state index in [9.17, 15) is 34.2 Å². The van der Waals surface area contributed by atoms with E-state index < -0.39 is 66.2 Å². The Balaban J connectivity index is 2.76. The number of phenols is 1. The lowest BCUT2D eigenvalue weighted by atomic mass is 10.0. The molecule has 0 radical (unpaired) electrons. The molecule has 1 rings (SSSR count). The standard InChI is InChI=1S/C21H30N4O8/c1-10(2)17(25-19(30)14(22)9-16(27)28)20(31)23-11(3)18(29)24-15(21(32)33)8-12-4-6-13(26)7-5-12/h4-7,10-11,14-15,17,26H,8-9,22H2,1-3H3,(H,23,31)(H,24,29)(H,25,30)(H,27,28)(H,32,33). The monoisotopic (exact) mass is 466 g/mol. The van der Waals surface area contributed by atoms with Crippen molar-refractivity contribution in [2.24, 2.45) is 11.7 Å². The van der Waals surface area contributed by atoms with Crippen molar-refractivity contribution < 1.29 is 39.3 Å². The molecule has 0 spiro atoms. The summed E-state index contributed by atoms with van der Waals surface area (Å²) in [6.07, 6.45) is -0.664. The van der Waals surface area contributed by atoms with E-state index in [-0.39, 0.29) is 12.2 Å². The van der Waals surface area contributed by atoms with E-state index in [0.29, 0.717) is 5.56 Å². The molecule has 4 atom stereocenters. The van der Waals surface area contributed by atoms with Gasteiger partial charge in [-0.15, -0.1) is 0 Å². The Labute approximate surface area is 190 Å². The molecule has 182 valence electrons. The second kappa shape index (κ2) is 12.4. The average Bonchev–Trinajstić information content (AvgIpc) is 2.71. The number of amides is 3. The number of hydrogen-bond acceptors (Lipinski definition) is 7. The maximum Gasteiger partial charge on any atom is 0.326 e. The van der Waals surface area contributed by atoms with Crippen LogP contribution < -0.4 is 21.7 Å². The molecule has 0 saturated heterocycles. The fraction of sp³-hybridized carbons (Fsp3) is 0.476. The highest BCUT2D eigenvalue weighted by Crippen LogP contribution is 2.11. The Morgan fingerprint density at radius 2 is 1.45 bits per heavy atom. The van der Waals surface area contributed by atoms with Crippen LogP contribution in [0.25, 0.3) is 0 Å². The van der Waals surface area contributed by atoms with E-state index in [0.717, 1.165) is 0 Å². The van der Waals surface area contributed by atoms with Gasteiger partial charge in [0.25, 0.3) is 0 Å². The van der Waals surface area contributed by atoms with Crippen LogP contribution in [0.2, 0.25) is 0 Å². The van der Waals surface area contributed by atoms with Crippen LogP contribution in [0.3, 0.4) is 0 Å². The predicted molar refractivity (Wildman–Crippen MR) is 116 cm³/mol. The van der Waals surface area contributed by atoms with Crippen LogP contribution >= 0.6 is 0 Å². The number of carbonyl (C=O) groups excluding carboxylic acids is 3. The molecule has 8 N–H and O–H groups in total. The lowest BCUT2D eigenvalue weighted by molar-refractivity contribution is -0.142. The Bertz CT molecular complexity index is 872. The van der Waals surface area contributed by atoms with Gasteiger partial charge in [0.2, 0.25) is 17.7 Å². The van der Waals surface area contributed by atoms with E-state index in [1.54, 1.807) is 13.8 Å². The van der Waals surface area contributed by atoms with Gasteiger partial charge < -0.3 is 37.0 Å². The molecule has 0 saturated carbocycles.